The maximum Gasteiger partial charge on any atom is 0.123 e. The summed E-state index contributed by atoms with van der Waals surface area (Å²) < 4.78 is 0. The fraction of sp³-hybridized carbons (Fsp3) is 0.231. The molecular formula is C13H14O. The fourth-order valence-corrected chi connectivity index (χ4v) is 1.98. The molecule has 2 rings (SSSR count). The Kier molecular flexibility index (Phi) is 2.16. The number of aromatic hydroxyl groups is 1. The minimum Gasteiger partial charge on any atom is -0.507 e. The molecule has 0 aliphatic carbocycles. The van der Waals surface area contributed by atoms with Crippen LogP contribution in [0.5, 0.6) is 5.75 Å². The Morgan fingerprint density at radius 1 is 1.07 bits per heavy atom. The summed E-state index contributed by atoms with van der Waals surface area (Å²) in [6, 6.07) is 9.76. The van der Waals surface area contributed by atoms with Crippen LogP contribution >= 0.6 is 0 Å². The summed E-state index contributed by atoms with van der Waals surface area (Å²) in [6.45, 7) is 4.26. The van der Waals surface area contributed by atoms with Gasteiger partial charge in [0.1, 0.15) is 5.75 Å². The number of fused-ring (bicyclic) bond motifs is 1. The molecule has 1 nitrogen and oxygen atoms in total. The SMILES string of the molecule is CCc1c(C)ccc2c(O)cccc12. The molecule has 0 aromatic heterocycles. The van der Waals surface area contributed by atoms with Crippen LogP contribution in [0.15, 0.2) is 30.3 Å². The third kappa shape index (κ3) is 1.25. The van der Waals surface area contributed by atoms with Crippen molar-refractivity contribution in [1.82, 2.24) is 0 Å². The van der Waals surface area contributed by atoms with Gasteiger partial charge >= 0.3 is 0 Å². The third-order valence-electron chi connectivity index (χ3n) is 2.74. The molecule has 1 heteroatoms. The molecule has 2 aromatic rings. The Morgan fingerprint density at radius 2 is 1.86 bits per heavy atom. The molecule has 0 amide bonds. The Labute approximate surface area is 84.0 Å². The monoisotopic (exact) mass is 186 g/mol. The van der Waals surface area contributed by atoms with Crippen molar-refractivity contribution in [1.29, 1.82) is 0 Å². The van der Waals surface area contributed by atoms with Gasteiger partial charge in [0.15, 0.2) is 0 Å². The number of phenols is 1. The second kappa shape index (κ2) is 3.33. The van der Waals surface area contributed by atoms with Gasteiger partial charge in [-0.1, -0.05) is 31.2 Å². The lowest BCUT2D eigenvalue weighted by molar-refractivity contribution is 0.481. The van der Waals surface area contributed by atoms with E-state index in [2.05, 4.69) is 26.0 Å². The van der Waals surface area contributed by atoms with Crippen molar-refractivity contribution in [2.45, 2.75) is 20.3 Å². The van der Waals surface area contributed by atoms with Crippen LogP contribution in [0.25, 0.3) is 10.8 Å². The van der Waals surface area contributed by atoms with E-state index in [4.69, 9.17) is 0 Å². The largest absolute Gasteiger partial charge is 0.507 e. The normalized spacial score (nSPS) is 10.7. The minimum atomic E-state index is 0.372. The Balaban J connectivity index is 2.88. The first kappa shape index (κ1) is 9.07. The maximum absolute atomic E-state index is 9.68. The van der Waals surface area contributed by atoms with E-state index in [1.165, 1.54) is 16.5 Å². The van der Waals surface area contributed by atoms with E-state index < -0.39 is 0 Å². The summed E-state index contributed by atoms with van der Waals surface area (Å²) in [5, 5.41) is 11.8. The molecular weight excluding hydrogens is 172 g/mol. The topological polar surface area (TPSA) is 20.2 Å². The van der Waals surface area contributed by atoms with E-state index in [-0.39, 0.29) is 0 Å². The summed E-state index contributed by atoms with van der Waals surface area (Å²) >= 11 is 0. The molecule has 0 atom stereocenters. The predicted octanol–water partition coefficient (Wildman–Crippen LogP) is 3.42. The number of benzene rings is 2. The van der Waals surface area contributed by atoms with Crippen molar-refractivity contribution in [3.63, 3.8) is 0 Å². The van der Waals surface area contributed by atoms with E-state index in [1.807, 2.05) is 12.1 Å². The van der Waals surface area contributed by atoms with Crippen LogP contribution in [0, 0.1) is 6.92 Å². The van der Waals surface area contributed by atoms with Gasteiger partial charge in [-0.3, -0.25) is 0 Å². The molecule has 0 saturated carbocycles. The number of phenolic OH excluding ortho intramolecular Hbond substituents is 1. The molecule has 0 bridgehead atoms. The van der Waals surface area contributed by atoms with Gasteiger partial charge < -0.3 is 5.11 Å². The molecule has 0 heterocycles. The second-order valence-corrected chi connectivity index (χ2v) is 3.59. The summed E-state index contributed by atoms with van der Waals surface area (Å²) in [5.74, 6) is 0.372. The lowest BCUT2D eigenvalue weighted by Crippen LogP contribution is -1.88. The molecule has 0 fully saturated rings. The third-order valence-corrected chi connectivity index (χ3v) is 2.74. The van der Waals surface area contributed by atoms with Crippen LogP contribution in [0.2, 0.25) is 0 Å². The Morgan fingerprint density at radius 3 is 2.57 bits per heavy atom. The van der Waals surface area contributed by atoms with E-state index in [9.17, 15) is 5.11 Å². The van der Waals surface area contributed by atoms with Crippen molar-refractivity contribution in [2.75, 3.05) is 0 Å². The highest BCUT2D eigenvalue weighted by Gasteiger charge is 2.04. The van der Waals surface area contributed by atoms with Crippen molar-refractivity contribution in [2.24, 2.45) is 0 Å². The van der Waals surface area contributed by atoms with Crippen molar-refractivity contribution in [3.05, 3.63) is 41.5 Å². The van der Waals surface area contributed by atoms with Crippen LogP contribution < -0.4 is 0 Å². The summed E-state index contributed by atoms with van der Waals surface area (Å²) in [5.41, 5.74) is 2.63. The highest BCUT2D eigenvalue weighted by atomic mass is 16.3. The first-order chi connectivity index (χ1) is 6.74. The van der Waals surface area contributed by atoms with Crippen molar-refractivity contribution < 1.29 is 5.11 Å². The van der Waals surface area contributed by atoms with Crippen LogP contribution in [-0.4, -0.2) is 5.11 Å². The van der Waals surface area contributed by atoms with Gasteiger partial charge in [-0.25, -0.2) is 0 Å². The van der Waals surface area contributed by atoms with Gasteiger partial charge in [-0.2, -0.15) is 0 Å². The van der Waals surface area contributed by atoms with E-state index in [0.717, 1.165) is 11.8 Å². The van der Waals surface area contributed by atoms with Gasteiger partial charge in [0.2, 0.25) is 0 Å². The van der Waals surface area contributed by atoms with Gasteiger partial charge in [0.05, 0.1) is 0 Å². The lowest BCUT2D eigenvalue weighted by Gasteiger charge is -2.08. The second-order valence-electron chi connectivity index (χ2n) is 3.59. The zero-order chi connectivity index (χ0) is 10.1. The number of aryl methyl sites for hydroxylation is 2. The standard InChI is InChI=1S/C13H14O/c1-3-10-9(2)7-8-12-11(10)5-4-6-13(12)14/h4-8,14H,3H2,1-2H3. The molecule has 14 heavy (non-hydrogen) atoms. The molecule has 1 N–H and O–H groups in total. The average Bonchev–Trinajstić information content (AvgIpc) is 2.18. The molecule has 0 aliphatic heterocycles. The van der Waals surface area contributed by atoms with E-state index in [0.29, 0.717) is 5.75 Å². The van der Waals surface area contributed by atoms with Crippen LogP contribution in [0.3, 0.4) is 0 Å². The van der Waals surface area contributed by atoms with Crippen molar-refractivity contribution >= 4 is 10.8 Å². The molecule has 0 saturated heterocycles. The highest BCUT2D eigenvalue weighted by molar-refractivity contribution is 5.91. The van der Waals surface area contributed by atoms with Crippen molar-refractivity contribution in [3.8, 4) is 5.75 Å². The van der Waals surface area contributed by atoms with E-state index >= 15 is 0 Å². The molecule has 0 radical (unpaired) electrons. The summed E-state index contributed by atoms with van der Waals surface area (Å²) in [6.07, 6.45) is 1.01. The van der Waals surface area contributed by atoms with Gasteiger partial charge in [0.25, 0.3) is 0 Å². The van der Waals surface area contributed by atoms with Crippen LogP contribution in [-0.2, 0) is 6.42 Å². The highest BCUT2D eigenvalue weighted by Crippen LogP contribution is 2.28. The summed E-state index contributed by atoms with van der Waals surface area (Å²) in [4.78, 5) is 0. The number of hydrogen-bond acceptors (Lipinski definition) is 1. The van der Waals surface area contributed by atoms with Gasteiger partial charge in [-0.05, 0) is 35.9 Å². The average molecular weight is 186 g/mol. The van der Waals surface area contributed by atoms with Gasteiger partial charge in [-0.15, -0.1) is 0 Å². The summed E-state index contributed by atoms with van der Waals surface area (Å²) in [7, 11) is 0. The van der Waals surface area contributed by atoms with Crippen LogP contribution in [0.1, 0.15) is 18.1 Å². The number of rotatable bonds is 1. The molecule has 72 valence electrons. The maximum atomic E-state index is 9.68. The fourth-order valence-electron chi connectivity index (χ4n) is 1.98. The Bertz CT molecular complexity index is 472. The predicted molar refractivity (Wildman–Crippen MR) is 59.7 cm³/mol. The van der Waals surface area contributed by atoms with Gasteiger partial charge in [0, 0.05) is 5.39 Å². The first-order valence-corrected chi connectivity index (χ1v) is 4.94. The number of hydrogen-bond donors (Lipinski definition) is 1. The molecule has 2 aromatic carbocycles. The zero-order valence-electron chi connectivity index (χ0n) is 8.54. The van der Waals surface area contributed by atoms with Crippen LogP contribution in [0.4, 0.5) is 0 Å². The Hall–Kier alpha value is -1.50. The molecule has 0 unspecified atom stereocenters. The quantitative estimate of drug-likeness (QED) is 0.723. The zero-order valence-corrected chi connectivity index (χ0v) is 8.54. The smallest absolute Gasteiger partial charge is 0.123 e. The molecule has 0 spiro atoms. The lowest BCUT2D eigenvalue weighted by atomic mass is 9.97. The van der Waals surface area contributed by atoms with E-state index in [1.54, 1.807) is 6.07 Å². The minimum absolute atomic E-state index is 0.372. The molecule has 0 aliphatic rings. The first-order valence-electron chi connectivity index (χ1n) is 4.94.